The minimum Gasteiger partial charge on any atom is -0.508 e. The molecule has 0 radical (unpaired) electrons. The highest BCUT2D eigenvalue weighted by molar-refractivity contribution is 5.38. The summed E-state index contributed by atoms with van der Waals surface area (Å²) >= 11 is 0. The largest absolute Gasteiger partial charge is 0.508 e. The van der Waals surface area contributed by atoms with Gasteiger partial charge in [0.1, 0.15) is 5.75 Å². The first-order chi connectivity index (χ1) is 7.47. The molecular formula is C13H16N2O. The Balaban J connectivity index is 2.39. The molecule has 1 aromatic heterocycles. The second-order valence-electron chi connectivity index (χ2n) is 4.92. The molecule has 0 saturated heterocycles. The van der Waals surface area contributed by atoms with Gasteiger partial charge in [-0.15, -0.1) is 0 Å². The molecule has 3 heteroatoms. The Bertz CT molecular complexity index is 495. The van der Waals surface area contributed by atoms with Crippen molar-refractivity contribution in [3.05, 3.63) is 42.2 Å². The molecule has 0 atom stereocenters. The van der Waals surface area contributed by atoms with Crippen LogP contribution in [0.5, 0.6) is 5.75 Å². The Morgan fingerprint density at radius 2 is 1.94 bits per heavy atom. The maximum atomic E-state index is 9.40. The number of benzene rings is 1. The van der Waals surface area contributed by atoms with Gasteiger partial charge in [-0.3, -0.25) is 0 Å². The van der Waals surface area contributed by atoms with Gasteiger partial charge in [0.05, 0.1) is 11.4 Å². The summed E-state index contributed by atoms with van der Waals surface area (Å²) in [7, 11) is 0. The van der Waals surface area contributed by atoms with E-state index in [1.807, 2.05) is 24.4 Å². The molecule has 1 N–H and O–H groups in total. The van der Waals surface area contributed by atoms with E-state index in [4.69, 9.17) is 0 Å². The Labute approximate surface area is 95.3 Å². The molecule has 3 nitrogen and oxygen atoms in total. The first-order valence-electron chi connectivity index (χ1n) is 5.32. The molecule has 1 heterocycles. The second kappa shape index (κ2) is 3.67. The normalized spacial score (nSPS) is 11.7. The number of hydrogen-bond donors (Lipinski definition) is 1. The van der Waals surface area contributed by atoms with Gasteiger partial charge in [0.2, 0.25) is 0 Å². The molecule has 2 aromatic rings. The van der Waals surface area contributed by atoms with Crippen LogP contribution in [0.25, 0.3) is 5.69 Å². The first-order valence-corrected chi connectivity index (χ1v) is 5.32. The van der Waals surface area contributed by atoms with Gasteiger partial charge in [0.15, 0.2) is 0 Å². The lowest BCUT2D eigenvalue weighted by Crippen LogP contribution is -2.12. The molecule has 0 aliphatic rings. The topological polar surface area (TPSA) is 38.0 Å². The fraction of sp³-hybridized carbons (Fsp3) is 0.308. The number of aromatic hydroxyl groups is 1. The highest BCUT2D eigenvalue weighted by Crippen LogP contribution is 2.21. The molecule has 0 spiro atoms. The van der Waals surface area contributed by atoms with Crippen LogP contribution >= 0.6 is 0 Å². The highest BCUT2D eigenvalue weighted by atomic mass is 16.3. The van der Waals surface area contributed by atoms with Crippen LogP contribution in [-0.4, -0.2) is 14.9 Å². The summed E-state index contributed by atoms with van der Waals surface area (Å²) in [5.41, 5.74) is 1.95. The molecule has 2 rings (SSSR count). The molecule has 0 fully saturated rings. The second-order valence-corrected chi connectivity index (χ2v) is 4.92. The van der Waals surface area contributed by atoms with E-state index >= 15 is 0 Å². The fourth-order valence-corrected chi connectivity index (χ4v) is 1.50. The fourth-order valence-electron chi connectivity index (χ4n) is 1.50. The van der Waals surface area contributed by atoms with Crippen molar-refractivity contribution in [1.29, 1.82) is 0 Å². The summed E-state index contributed by atoms with van der Waals surface area (Å²) in [6.07, 6.45) is 1.91. The zero-order chi connectivity index (χ0) is 11.8. The maximum Gasteiger partial charge on any atom is 0.117 e. The van der Waals surface area contributed by atoms with Crippen LogP contribution in [-0.2, 0) is 5.41 Å². The molecule has 1 aromatic carbocycles. The Hall–Kier alpha value is -1.77. The van der Waals surface area contributed by atoms with Crippen LogP contribution < -0.4 is 0 Å². The van der Waals surface area contributed by atoms with E-state index in [9.17, 15) is 5.11 Å². The van der Waals surface area contributed by atoms with E-state index in [0.29, 0.717) is 0 Å². The van der Waals surface area contributed by atoms with Crippen LogP contribution in [0.3, 0.4) is 0 Å². The Kier molecular flexibility index (Phi) is 2.46. The number of phenols is 1. The van der Waals surface area contributed by atoms with Gasteiger partial charge in [0, 0.05) is 17.7 Å². The first kappa shape index (κ1) is 10.7. The SMILES string of the molecule is CC(C)(C)c1ccn(-c2cccc(O)c2)n1. The minimum absolute atomic E-state index is 0.0437. The third kappa shape index (κ3) is 2.08. The highest BCUT2D eigenvalue weighted by Gasteiger charge is 2.16. The molecule has 84 valence electrons. The number of nitrogens with zero attached hydrogens (tertiary/aromatic N) is 2. The lowest BCUT2D eigenvalue weighted by molar-refractivity contribution is 0.474. The lowest BCUT2D eigenvalue weighted by Gasteiger charge is -2.14. The van der Waals surface area contributed by atoms with Crippen LogP contribution in [0.15, 0.2) is 36.5 Å². The summed E-state index contributed by atoms with van der Waals surface area (Å²) in [4.78, 5) is 0. The van der Waals surface area contributed by atoms with Gasteiger partial charge < -0.3 is 5.11 Å². The molecule has 16 heavy (non-hydrogen) atoms. The van der Waals surface area contributed by atoms with Gasteiger partial charge in [-0.05, 0) is 18.2 Å². The van der Waals surface area contributed by atoms with Gasteiger partial charge >= 0.3 is 0 Å². The smallest absolute Gasteiger partial charge is 0.117 e. The van der Waals surface area contributed by atoms with Crippen LogP contribution in [0.1, 0.15) is 26.5 Å². The van der Waals surface area contributed by atoms with Crippen molar-refractivity contribution in [3.8, 4) is 11.4 Å². The van der Waals surface area contributed by atoms with Crippen molar-refractivity contribution in [2.45, 2.75) is 26.2 Å². The standard InChI is InChI=1S/C13H16N2O/c1-13(2,3)12-7-8-15(14-12)10-5-4-6-11(16)9-10/h4-9,16H,1-3H3. The van der Waals surface area contributed by atoms with E-state index < -0.39 is 0 Å². The summed E-state index contributed by atoms with van der Waals surface area (Å²) < 4.78 is 1.78. The Morgan fingerprint density at radius 1 is 1.19 bits per heavy atom. The summed E-state index contributed by atoms with van der Waals surface area (Å²) in [5, 5.41) is 13.9. The van der Waals surface area contributed by atoms with Gasteiger partial charge in [-0.25, -0.2) is 4.68 Å². The summed E-state index contributed by atoms with van der Waals surface area (Å²) in [6, 6.07) is 9.07. The average Bonchev–Trinajstić information content (AvgIpc) is 2.65. The molecule has 0 aliphatic carbocycles. The van der Waals surface area contributed by atoms with Crippen LogP contribution in [0.2, 0.25) is 0 Å². The molecular weight excluding hydrogens is 200 g/mol. The minimum atomic E-state index is 0.0437. The van der Waals surface area contributed by atoms with E-state index in [1.165, 1.54) is 0 Å². The summed E-state index contributed by atoms with van der Waals surface area (Å²) in [5.74, 6) is 0.255. The van der Waals surface area contributed by atoms with Crippen molar-refractivity contribution in [2.24, 2.45) is 0 Å². The quantitative estimate of drug-likeness (QED) is 0.796. The van der Waals surface area contributed by atoms with E-state index in [0.717, 1.165) is 11.4 Å². The van der Waals surface area contributed by atoms with Crippen LogP contribution in [0, 0.1) is 0 Å². The zero-order valence-corrected chi connectivity index (χ0v) is 9.81. The lowest BCUT2D eigenvalue weighted by atomic mass is 9.93. The third-order valence-corrected chi connectivity index (χ3v) is 2.45. The van der Waals surface area contributed by atoms with Gasteiger partial charge in [-0.1, -0.05) is 26.8 Å². The van der Waals surface area contributed by atoms with E-state index in [2.05, 4.69) is 25.9 Å². The monoisotopic (exact) mass is 216 g/mol. The molecule has 0 bridgehead atoms. The zero-order valence-electron chi connectivity index (χ0n) is 9.81. The molecule has 0 saturated carbocycles. The van der Waals surface area contributed by atoms with Crippen molar-refractivity contribution in [2.75, 3.05) is 0 Å². The van der Waals surface area contributed by atoms with Crippen molar-refractivity contribution < 1.29 is 5.11 Å². The number of hydrogen-bond acceptors (Lipinski definition) is 2. The van der Waals surface area contributed by atoms with Crippen molar-refractivity contribution >= 4 is 0 Å². The number of rotatable bonds is 1. The number of aromatic nitrogens is 2. The molecule has 0 unspecified atom stereocenters. The van der Waals surface area contributed by atoms with Crippen molar-refractivity contribution in [1.82, 2.24) is 9.78 Å². The average molecular weight is 216 g/mol. The number of phenolic OH excluding ortho intramolecular Hbond substituents is 1. The van der Waals surface area contributed by atoms with E-state index in [1.54, 1.807) is 16.8 Å². The van der Waals surface area contributed by atoms with Gasteiger partial charge in [-0.2, -0.15) is 5.10 Å². The van der Waals surface area contributed by atoms with Gasteiger partial charge in [0.25, 0.3) is 0 Å². The van der Waals surface area contributed by atoms with Crippen molar-refractivity contribution in [3.63, 3.8) is 0 Å². The summed E-state index contributed by atoms with van der Waals surface area (Å²) in [6.45, 7) is 6.38. The maximum absolute atomic E-state index is 9.40. The van der Waals surface area contributed by atoms with Crippen LogP contribution in [0.4, 0.5) is 0 Å². The third-order valence-electron chi connectivity index (χ3n) is 2.45. The predicted molar refractivity (Wildman–Crippen MR) is 63.9 cm³/mol. The molecule has 0 amide bonds. The Morgan fingerprint density at radius 3 is 2.50 bits per heavy atom. The van der Waals surface area contributed by atoms with E-state index in [-0.39, 0.29) is 11.2 Å². The predicted octanol–water partition coefficient (Wildman–Crippen LogP) is 2.88. The molecule has 0 aliphatic heterocycles.